The Hall–Kier alpha value is -2.73. The van der Waals surface area contributed by atoms with Crippen molar-refractivity contribution in [1.29, 1.82) is 0 Å². The van der Waals surface area contributed by atoms with Gasteiger partial charge in [0, 0.05) is 22.4 Å². The second-order valence-corrected chi connectivity index (χ2v) is 7.85. The maximum atomic E-state index is 11.5. The van der Waals surface area contributed by atoms with Crippen LogP contribution in [0.1, 0.15) is 23.8 Å². The van der Waals surface area contributed by atoms with Gasteiger partial charge in [-0.25, -0.2) is 14.8 Å². The number of hydrogen-bond donors (Lipinski definition) is 0. The van der Waals surface area contributed by atoms with Crippen LogP contribution in [-0.2, 0) is 12.8 Å². The summed E-state index contributed by atoms with van der Waals surface area (Å²) in [5, 5.41) is 1.88. The van der Waals surface area contributed by atoms with Crippen molar-refractivity contribution < 1.29 is 9.15 Å². The summed E-state index contributed by atoms with van der Waals surface area (Å²) in [5.41, 5.74) is 1.45. The first-order valence-electron chi connectivity index (χ1n) is 8.64. The zero-order valence-electron chi connectivity index (χ0n) is 14.2. The molecule has 1 aliphatic carbocycles. The number of rotatable bonds is 2. The highest BCUT2D eigenvalue weighted by molar-refractivity contribution is 7.18. The third-order valence-corrected chi connectivity index (χ3v) is 6.03. The molecule has 0 saturated carbocycles. The molecule has 1 atom stereocenters. The van der Waals surface area contributed by atoms with E-state index in [1.165, 1.54) is 22.9 Å². The average Bonchev–Trinajstić information content (AvgIpc) is 2.99. The van der Waals surface area contributed by atoms with Gasteiger partial charge in [-0.15, -0.1) is 11.3 Å². The molecule has 130 valence electrons. The van der Waals surface area contributed by atoms with Crippen LogP contribution in [0.2, 0.25) is 0 Å². The smallest absolute Gasteiger partial charge is 0.336 e. The van der Waals surface area contributed by atoms with Crippen LogP contribution in [0.3, 0.4) is 0 Å². The molecule has 0 aliphatic heterocycles. The van der Waals surface area contributed by atoms with E-state index in [1.807, 2.05) is 12.1 Å². The van der Waals surface area contributed by atoms with Crippen molar-refractivity contribution in [2.45, 2.75) is 26.2 Å². The molecule has 6 heteroatoms. The summed E-state index contributed by atoms with van der Waals surface area (Å²) in [6.45, 7) is 2.29. The van der Waals surface area contributed by atoms with Crippen molar-refractivity contribution in [2.75, 3.05) is 0 Å². The fraction of sp³-hybridized carbons (Fsp3) is 0.250. The Balaban J connectivity index is 1.60. The summed E-state index contributed by atoms with van der Waals surface area (Å²) in [6.07, 6.45) is 4.85. The van der Waals surface area contributed by atoms with E-state index >= 15 is 0 Å². The Labute approximate surface area is 153 Å². The molecular formula is C20H16N2O3S. The van der Waals surface area contributed by atoms with Gasteiger partial charge in [0.15, 0.2) is 0 Å². The van der Waals surface area contributed by atoms with Crippen LogP contribution in [-0.4, -0.2) is 9.97 Å². The molecule has 0 radical (unpaired) electrons. The first-order chi connectivity index (χ1) is 12.7. The summed E-state index contributed by atoms with van der Waals surface area (Å²) >= 11 is 1.74. The van der Waals surface area contributed by atoms with Crippen LogP contribution in [0.15, 0.2) is 45.9 Å². The normalized spacial score (nSPS) is 16.7. The van der Waals surface area contributed by atoms with E-state index in [0.29, 0.717) is 23.1 Å². The molecule has 1 unspecified atom stereocenters. The summed E-state index contributed by atoms with van der Waals surface area (Å²) in [6, 6.07) is 8.61. The molecule has 0 spiro atoms. The highest BCUT2D eigenvalue weighted by atomic mass is 32.1. The van der Waals surface area contributed by atoms with Gasteiger partial charge in [-0.05, 0) is 48.9 Å². The summed E-state index contributed by atoms with van der Waals surface area (Å²) in [7, 11) is 0. The van der Waals surface area contributed by atoms with Crippen LogP contribution in [0.4, 0.5) is 0 Å². The Morgan fingerprint density at radius 1 is 1.23 bits per heavy atom. The lowest BCUT2D eigenvalue weighted by atomic mass is 9.89. The van der Waals surface area contributed by atoms with E-state index < -0.39 is 0 Å². The van der Waals surface area contributed by atoms with Crippen LogP contribution in [0.5, 0.6) is 11.6 Å². The molecule has 1 aromatic carbocycles. The second kappa shape index (κ2) is 5.92. The Bertz CT molecular complexity index is 1190. The predicted octanol–water partition coefficient (Wildman–Crippen LogP) is 4.71. The zero-order chi connectivity index (χ0) is 17.7. The number of benzene rings is 1. The highest BCUT2D eigenvalue weighted by Crippen LogP contribution is 2.41. The van der Waals surface area contributed by atoms with Gasteiger partial charge >= 0.3 is 5.63 Å². The minimum atomic E-state index is -0.375. The number of fused-ring (bicyclic) bond motifs is 4. The standard InChI is InChI=1S/C20H16N2O3S/c1-11-2-6-14-16(8-11)26-20-18(14)19(21-10-22-20)24-13-5-3-12-4-7-17(23)25-15(12)9-13/h3-5,7,9-11H,2,6,8H2,1H3. The monoisotopic (exact) mass is 364 g/mol. The maximum absolute atomic E-state index is 11.5. The van der Waals surface area contributed by atoms with Gasteiger partial charge < -0.3 is 9.15 Å². The van der Waals surface area contributed by atoms with E-state index in [0.717, 1.165) is 28.4 Å². The quantitative estimate of drug-likeness (QED) is 0.482. The van der Waals surface area contributed by atoms with E-state index in [9.17, 15) is 4.79 Å². The van der Waals surface area contributed by atoms with Crippen molar-refractivity contribution in [1.82, 2.24) is 9.97 Å². The molecule has 0 bridgehead atoms. The van der Waals surface area contributed by atoms with E-state index in [2.05, 4.69) is 16.9 Å². The molecule has 26 heavy (non-hydrogen) atoms. The molecule has 0 amide bonds. The number of thiophene rings is 1. The van der Waals surface area contributed by atoms with Gasteiger partial charge in [-0.1, -0.05) is 6.92 Å². The topological polar surface area (TPSA) is 65.2 Å². The third-order valence-electron chi connectivity index (χ3n) is 4.87. The number of nitrogens with zero attached hydrogens (tertiary/aromatic N) is 2. The first kappa shape index (κ1) is 15.5. The number of aromatic nitrogens is 2. The Morgan fingerprint density at radius 2 is 2.12 bits per heavy atom. The molecule has 3 aromatic heterocycles. The summed E-state index contributed by atoms with van der Waals surface area (Å²) < 4.78 is 11.3. The number of ether oxygens (including phenoxy) is 1. The Kier molecular flexibility index (Phi) is 3.53. The Morgan fingerprint density at radius 3 is 3.04 bits per heavy atom. The fourth-order valence-corrected chi connectivity index (χ4v) is 4.88. The molecule has 5 rings (SSSR count). The molecule has 5 nitrogen and oxygen atoms in total. The third kappa shape index (κ3) is 2.57. The highest BCUT2D eigenvalue weighted by Gasteiger charge is 2.23. The molecular weight excluding hydrogens is 348 g/mol. The van der Waals surface area contributed by atoms with Crippen molar-refractivity contribution in [3.05, 3.63) is 57.5 Å². The van der Waals surface area contributed by atoms with E-state index in [4.69, 9.17) is 9.15 Å². The molecule has 4 aromatic rings. The van der Waals surface area contributed by atoms with Gasteiger partial charge in [0.25, 0.3) is 0 Å². The SMILES string of the molecule is CC1CCc2c(sc3ncnc(Oc4ccc5ccc(=O)oc5c4)c23)C1. The van der Waals surface area contributed by atoms with Crippen molar-refractivity contribution >= 4 is 32.5 Å². The van der Waals surface area contributed by atoms with Crippen LogP contribution in [0.25, 0.3) is 21.2 Å². The van der Waals surface area contributed by atoms with Crippen LogP contribution >= 0.6 is 11.3 Å². The molecule has 1 aliphatic rings. The molecule has 0 fully saturated rings. The van der Waals surface area contributed by atoms with E-state index in [1.54, 1.807) is 29.8 Å². The van der Waals surface area contributed by atoms with Crippen molar-refractivity contribution in [2.24, 2.45) is 5.92 Å². The summed E-state index contributed by atoms with van der Waals surface area (Å²) in [5.74, 6) is 1.87. The van der Waals surface area contributed by atoms with Crippen molar-refractivity contribution in [3.8, 4) is 11.6 Å². The van der Waals surface area contributed by atoms with E-state index in [-0.39, 0.29) is 5.63 Å². The lowest BCUT2D eigenvalue weighted by Crippen LogP contribution is -2.08. The lowest BCUT2D eigenvalue weighted by molar-refractivity contribution is 0.464. The average molecular weight is 364 g/mol. The molecule has 3 heterocycles. The van der Waals surface area contributed by atoms with Gasteiger partial charge in [-0.3, -0.25) is 0 Å². The summed E-state index contributed by atoms with van der Waals surface area (Å²) in [4.78, 5) is 22.6. The van der Waals surface area contributed by atoms with Gasteiger partial charge in [0.05, 0.1) is 5.39 Å². The number of hydrogen-bond acceptors (Lipinski definition) is 6. The maximum Gasteiger partial charge on any atom is 0.336 e. The van der Waals surface area contributed by atoms with Gasteiger partial charge in [-0.2, -0.15) is 0 Å². The first-order valence-corrected chi connectivity index (χ1v) is 9.46. The van der Waals surface area contributed by atoms with Gasteiger partial charge in [0.1, 0.15) is 22.5 Å². The van der Waals surface area contributed by atoms with Gasteiger partial charge in [0.2, 0.25) is 5.88 Å². The second-order valence-electron chi connectivity index (χ2n) is 6.77. The fourth-order valence-electron chi connectivity index (χ4n) is 3.54. The lowest BCUT2D eigenvalue weighted by Gasteiger charge is -2.18. The minimum absolute atomic E-state index is 0.375. The van der Waals surface area contributed by atoms with Crippen molar-refractivity contribution in [3.63, 3.8) is 0 Å². The minimum Gasteiger partial charge on any atom is -0.438 e. The predicted molar refractivity (Wildman–Crippen MR) is 101 cm³/mol. The number of aryl methyl sites for hydroxylation is 1. The zero-order valence-corrected chi connectivity index (χ0v) is 15.0. The van der Waals surface area contributed by atoms with Crippen LogP contribution in [0, 0.1) is 5.92 Å². The molecule has 0 N–H and O–H groups in total. The van der Waals surface area contributed by atoms with Crippen LogP contribution < -0.4 is 10.4 Å². The molecule has 0 saturated heterocycles. The largest absolute Gasteiger partial charge is 0.438 e.